The molecule has 1 unspecified atom stereocenters. The monoisotopic (exact) mass is 266 g/mol. The summed E-state index contributed by atoms with van der Waals surface area (Å²) in [5, 5.41) is 8.99. The first-order valence-electron chi connectivity index (χ1n) is 6.86. The van der Waals surface area contributed by atoms with Gasteiger partial charge in [-0.1, -0.05) is 0 Å². The maximum absolute atomic E-state index is 12.3. The fourth-order valence-electron chi connectivity index (χ4n) is 2.57. The maximum Gasteiger partial charge on any atom is 0.274 e. The number of carbonyl (C=O) groups is 1. The average Bonchev–Trinajstić information content (AvgIpc) is 2.88. The van der Waals surface area contributed by atoms with Crippen molar-refractivity contribution in [1.82, 2.24) is 14.5 Å². The number of likely N-dealkylation sites (tertiary alicyclic amines) is 1. The lowest BCUT2D eigenvalue weighted by Gasteiger charge is -2.32. The van der Waals surface area contributed by atoms with Crippen molar-refractivity contribution in [3.63, 3.8) is 0 Å². The molecular formula is C13H22N4O2. The molecule has 0 saturated carbocycles. The highest BCUT2D eigenvalue weighted by Crippen LogP contribution is 2.20. The molecule has 1 aliphatic heterocycles. The summed E-state index contributed by atoms with van der Waals surface area (Å²) < 4.78 is 1.84. The van der Waals surface area contributed by atoms with Crippen LogP contribution in [-0.4, -0.2) is 51.7 Å². The zero-order valence-corrected chi connectivity index (χ0v) is 11.2. The van der Waals surface area contributed by atoms with E-state index in [9.17, 15) is 4.79 Å². The standard InChI is InChI=1S/C13H22N4O2/c14-4-6-16-9-12(15-10-16)13(19)17-5-1-2-11(8-17)3-7-18/h9-11,18H,1-8,14H2. The van der Waals surface area contributed by atoms with Crippen molar-refractivity contribution >= 4 is 5.91 Å². The number of piperidine rings is 1. The van der Waals surface area contributed by atoms with Gasteiger partial charge in [0, 0.05) is 39.0 Å². The number of carbonyl (C=O) groups excluding carboxylic acids is 1. The van der Waals surface area contributed by atoms with E-state index in [1.165, 1.54) is 0 Å². The van der Waals surface area contributed by atoms with Crippen molar-refractivity contribution in [1.29, 1.82) is 0 Å². The number of hydrogen-bond acceptors (Lipinski definition) is 4. The number of nitrogens with two attached hydrogens (primary N) is 1. The molecule has 19 heavy (non-hydrogen) atoms. The van der Waals surface area contributed by atoms with Crippen LogP contribution in [0.4, 0.5) is 0 Å². The van der Waals surface area contributed by atoms with Gasteiger partial charge in [0.2, 0.25) is 0 Å². The van der Waals surface area contributed by atoms with E-state index in [1.54, 1.807) is 12.5 Å². The maximum atomic E-state index is 12.3. The second-order valence-corrected chi connectivity index (χ2v) is 5.06. The van der Waals surface area contributed by atoms with Gasteiger partial charge in [0.15, 0.2) is 0 Å². The molecule has 0 aliphatic carbocycles. The third kappa shape index (κ3) is 3.54. The molecule has 106 valence electrons. The molecule has 2 heterocycles. The molecule has 1 aromatic rings. The Bertz CT molecular complexity index is 417. The van der Waals surface area contributed by atoms with Crippen molar-refractivity contribution in [2.75, 3.05) is 26.2 Å². The minimum atomic E-state index is -0.0154. The second-order valence-electron chi connectivity index (χ2n) is 5.06. The van der Waals surface area contributed by atoms with Gasteiger partial charge in [-0.25, -0.2) is 4.98 Å². The van der Waals surface area contributed by atoms with Gasteiger partial charge in [-0.15, -0.1) is 0 Å². The predicted molar refractivity (Wildman–Crippen MR) is 71.6 cm³/mol. The van der Waals surface area contributed by atoms with Crippen LogP contribution < -0.4 is 5.73 Å². The SMILES string of the molecule is NCCn1cnc(C(=O)N2CCCC(CCO)C2)c1. The molecule has 2 rings (SSSR count). The number of aromatic nitrogens is 2. The fraction of sp³-hybridized carbons (Fsp3) is 0.692. The van der Waals surface area contributed by atoms with Gasteiger partial charge >= 0.3 is 0 Å². The van der Waals surface area contributed by atoms with E-state index in [4.69, 9.17) is 10.8 Å². The van der Waals surface area contributed by atoms with Crippen LogP contribution in [0.2, 0.25) is 0 Å². The molecular weight excluding hydrogens is 244 g/mol. The molecule has 1 saturated heterocycles. The van der Waals surface area contributed by atoms with Crippen molar-refractivity contribution in [2.45, 2.75) is 25.8 Å². The lowest BCUT2D eigenvalue weighted by molar-refractivity contribution is 0.0648. The molecule has 1 aromatic heterocycles. The van der Waals surface area contributed by atoms with Crippen LogP contribution >= 0.6 is 0 Å². The largest absolute Gasteiger partial charge is 0.396 e. The molecule has 0 radical (unpaired) electrons. The first-order chi connectivity index (χ1) is 9.24. The molecule has 1 fully saturated rings. The van der Waals surface area contributed by atoms with E-state index in [0.29, 0.717) is 24.7 Å². The third-order valence-corrected chi connectivity index (χ3v) is 3.58. The molecule has 0 aromatic carbocycles. The number of aliphatic hydroxyl groups is 1. The normalized spacial score (nSPS) is 19.7. The third-order valence-electron chi connectivity index (χ3n) is 3.58. The topological polar surface area (TPSA) is 84.4 Å². The summed E-state index contributed by atoms with van der Waals surface area (Å²) >= 11 is 0. The Hall–Kier alpha value is -1.40. The van der Waals surface area contributed by atoms with Crippen LogP contribution in [0.15, 0.2) is 12.5 Å². The van der Waals surface area contributed by atoms with Crippen LogP contribution in [0.25, 0.3) is 0 Å². The first kappa shape index (κ1) is 14.0. The summed E-state index contributed by atoms with van der Waals surface area (Å²) in [5.41, 5.74) is 5.96. The minimum absolute atomic E-state index is 0.0154. The Morgan fingerprint density at radius 3 is 3.16 bits per heavy atom. The number of imidazole rings is 1. The Balaban J connectivity index is 1.97. The molecule has 1 amide bonds. The van der Waals surface area contributed by atoms with E-state index < -0.39 is 0 Å². The van der Waals surface area contributed by atoms with Gasteiger partial charge in [0.25, 0.3) is 5.91 Å². The van der Waals surface area contributed by atoms with Crippen molar-refractivity contribution in [3.05, 3.63) is 18.2 Å². The molecule has 1 atom stereocenters. The van der Waals surface area contributed by atoms with Crippen molar-refractivity contribution in [3.8, 4) is 0 Å². The number of hydrogen-bond donors (Lipinski definition) is 2. The zero-order chi connectivity index (χ0) is 13.7. The number of rotatable bonds is 5. The predicted octanol–water partition coefficient (Wildman–Crippen LogP) is 0.0764. The number of aliphatic hydroxyl groups excluding tert-OH is 1. The van der Waals surface area contributed by atoms with Gasteiger partial charge in [0.1, 0.15) is 5.69 Å². The Morgan fingerprint density at radius 1 is 1.58 bits per heavy atom. The average molecular weight is 266 g/mol. The number of nitrogens with zero attached hydrogens (tertiary/aromatic N) is 3. The van der Waals surface area contributed by atoms with Crippen LogP contribution in [0.3, 0.4) is 0 Å². The van der Waals surface area contributed by atoms with Gasteiger partial charge in [-0.3, -0.25) is 4.79 Å². The van der Waals surface area contributed by atoms with Crippen LogP contribution in [0.1, 0.15) is 29.8 Å². The summed E-state index contributed by atoms with van der Waals surface area (Å²) in [6.45, 7) is 2.91. The smallest absolute Gasteiger partial charge is 0.274 e. The summed E-state index contributed by atoms with van der Waals surface area (Å²) in [5.74, 6) is 0.396. The summed E-state index contributed by atoms with van der Waals surface area (Å²) in [7, 11) is 0. The molecule has 6 nitrogen and oxygen atoms in total. The lowest BCUT2D eigenvalue weighted by atomic mass is 9.95. The first-order valence-corrected chi connectivity index (χ1v) is 6.86. The van der Waals surface area contributed by atoms with E-state index in [1.807, 2.05) is 9.47 Å². The molecule has 0 bridgehead atoms. The minimum Gasteiger partial charge on any atom is -0.396 e. The summed E-state index contributed by atoms with van der Waals surface area (Å²) in [6, 6.07) is 0. The molecule has 6 heteroatoms. The van der Waals surface area contributed by atoms with E-state index in [0.717, 1.165) is 32.4 Å². The number of amides is 1. The van der Waals surface area contributed by atoms with Crippen molar-refractivity contribution in [2.24, 2.45) is 11.7 Å². The van der Waals surface area contributed by atoms with E-state index in [2.05, 4.69) is 4.98 Å². The van der Waals surface area contributed by atoms with Crippen LogP contribution in [-0.2, 0) is 6.54 Å². The Kier molecular flexibility index (Phi) is 4.93. The van der Waals surface area contributed by atoms with Gasteiger partial charge in [-0.2, -0.15) is 0 Å². The highest BCUT2D eigenvalue weighted by Gasteiger charge is 2.25. The lowest BCUT2D eigenvalue weighted by Crippen LogP contribution is -2.40. The fourth-order valence-corrected chi connectivity index (χ4v) is 2.57. The molecule has 0 spiro atoms. The Morgan fingerprint density at radius 2 is 2.42 bits per heavy atom. The highest BCUT2D eigenvalue weighted by atomic mass is 16.3. The van der Waals surface area contributed by atoms with Gasteiger partial charge < -0.3 is 20.3 Å². The molecule has 1 aliphatic rings. The van der Waals surface area contributed by atoms with Gasteiger partial charge in [-0.05, 0) is 25.2 Å². The van der Waals surface area contributed by atoms with E-state index in [-0.39, 0.29) is 12.5 Å². The van der Waals surface area contributed by atoms with Crippen LogP contribution in [0, 0.1) is 5.92 Å². The van der Waals surface area contributed by atoms with Crippen molar-refractivity contribution < 1.29 is 9.90 Å². The summed E-state index contributed by atoms with van der Waals surface area (Å²) in [4.78, 5) is 18.3. The zero-order valence-electron chi connectivity index (χ0n) is 11.2. The van der Waals surface area contributed by atoms with Crippen LogP contribution in [0.5, 0.6) is 0 Å². The molecule has 3 N–H and O–H groups in total. The van der Waals surface area contributed by atoms with E-state index >= 15 is 0 Å². The Labute approximate surface area is 113 Å². The summed E-state index contributed by atoms with van der Waals surface area (Å²) in [6.07, 6.45) is 6.26. The quantitative estimate of drug-likeness (QED) is 0.790. The highest BCUT2D eigenvalue weighted by molar-refractivity contribution is 5.92. The second kappa shape index (κ2) is 6.68. The van der Waals surface area contributed by atoms with Gasteiger partial charge in [0.05, 0.1) is 6.33 Å².